The maximum absolute atomic E-state index is 11.3. The number of aryl methyl sites for hydroxylation is 1. The summed E-state index contributed by atoms with van der Waals surface area (Å²) in [7, 11) is 1.67. The maximum Gasteiger partial charge on any atom is 0.419 e. The standard InChI is InChI=1S/C11H8ClN3O2/c1-15-8-3-2-6(4-9(8)17-11(15)16)7-5-13-10(12)14-7/h2-5H,1H3,(H,13,14). The molecule has 0 bridgehead atoms. The minimum absolute atomic E-state index is 0.328. The van der Waals surface area contributed by atoms with Gasteiger partial charge in [0.1, 0.15) is 0 Å². The van der Waals surface area contributed by atoms with Gasteiger partial charge in [-0.15, -0.1) is 0 Å². The van der Waals surface area contributed by atoms with Gasteiger partial charge in [0.05, 0.1) is 17.4 Å². The van der Waals surface area contributed by atoms with Crippen molar-refractivity contribution in [3.05, 3.63) is 40.2 Å². The summed E-state index contributed by atoms with van der Waals surface area (Å²) in [4.78, 5) is 18.2. The van der Waals surface area contributed by atoms with Gasteiger partial charge < -0.3 is 9.40 Å². The van der Waals surface area contributed by atoms with Gasteiger partial charge in [0.25, 0.3) is 0 Å². The van der Waals surface area contributed by atoms with Crippen molar-refractivity contribution in [2.24, 2.45) is 7.05 Å². The first kappa shape index (κ1) is 10.2. The van der Waals surface area contributed by atoms with Gasteiger partial charge in [-0.1, -0.05) is 6.07 Å². The molecule has 0 amide bonds. The number of aromatic amines is 1. The number of H-pyrrole nitrogens is 1. The molecule has 0 aliphatic carbocycles. The van der Waals surface area contributed by atoms with Gasteiger partial charge in [-0.25, -0.2) is 9.78 Å². The van der Waals surface area contributed by atoms with E-state index >= 15 is 0 Å². The fraction of sp³-hybridized carbons (Fsp3) is 0.0909. The van der Waals surface area contributed by atoms with Gasteiger partial charge in [0.15, 0.2) is 10.9 Å². The fourth-order valence-electron chi connectivity index (χ4n) is 1.74. The molecule has 1 aromatic carbocycles. The normalized spacial score (nSPS) is 11.2. The van der Waals surface area contributed by atoms with E-state index in [1.165, 1.54) is 4.57 Å². The Morgan fingerprint density at radius 3 is 3.00 bits per heavy atom. The van der Waals surface area contributed by atoms with Crippen molar-refractivity contribution in [1.82, 2.24) is 14.5 Å². The Balaban J connectivity index is 2.23. The van der Waals surface area contributed by atoms with Crippen LogP contribution in [0.1, 0.15) is 0 Å². The number of aromatic nitrogens is 3. The van der Waals surface area contributed by atoms with Crippen LogP contribution in [0.15, 0.2) is 33.6 Å². The number of hydrogen-bond acceptors (Lipinski definition) is 3. The van der Waals surface area contributed by atoms with Gasteiger partial charge in [-0.05, 0) is 23.7 Å². The maximum atomic E-state index is 11.3. The smallest absolute Gasteiger partial charge is 0.408 e. The van der Waals surface area contributed by atoms with E-state index in [4.69, 9.17) is 16.0 Å². The number of halogens is 1. The van der Waals surface area contributed by atoms with Crippen molar-refractivity contribution < 1.29 is 4.42 Å². The molecule has 0 spiro atoms. The topological polar surface area (TPSA) is 63.8 Å². The zero-order valence-electron chi connectivity index (χ0n) is 8.90. The van der Waals surface area contributed by atoms with E-state index in [2.05, 4.69) is 9.97 Å². The van der Waals surface area contributed by atoms with Crippen molar-refractivity contribution in [2.45, 2.75) is 0 Å². The molecule has 3 aromatic rings. The summed E-state index contributed by atoms with van der Waals surface area (Å²) in [6, 6.07) is 5.48. The molecule has 0 unspecified atom stereocenters. The second-order valence-corrected chi connectivity index (χ2v) is 4.06. The molecule has 5 nitrogen and oxygen atoms in total. The summed E-state index contributed by atoms with van der Waals surface area (Å²) in [6.45, 7) is 0. The molecule has 0 saturated carbocycles. The lowest BCUT2D eigenvalue weighted by Gasteiger charge is -1.97. The molecule has 86 valence electrons. The summed E-state index contributed by atoms with van der Waals surface area (Å²) in [5.41, 5.74) is 2.94. The molecular formula is C11H8ClN3O2. The summed E-state index contributed by atoms with van der Waals surface area (Å²) in [5.74, 6) is -0.375. The molecule has 0 saturated heterocycles. The number of imidazole rings is 1. The van der Waals surface area contributed by atoms with Crippen LogP contribution in [-0.4, -0.2) is 14.5 Å². The zero-order valence-corrected chi connectivity index (χ0v) is 9.65. The Kier molecular flexibility index (Phi) is 2.09. The number of benzene rings is 1. The summed E-state index contributed by atoms with van der Waals surface area (Å²) < 4.78 is 6.57. The Morgan fingerprint density at radius 2 is 2.29 bits per heavy atom. The molecule has 0 fully saturated rings. The van der Waals surface area contributed by atoms with Crippen LogP contribution in [0, 0.1) is 0 Å². The van der Waals surface area contributed by atoms with Crippen LogP contribution < -0.4 is 5.76 Å². The third kappa shape index (κ3) is 1.55. The fourth-order valence-corrected chi connectivity index (χ4v) is 1.90. The highest BCUT2D eigenvalue weighted by Crippen LogP contribution is 2.23. The molecule has 0 atom stereocenters. The molecule has 0 aliphatic rings. The molecule has 2 aromatic heterocycles. The van der Waals surface area contributed by atoms with Gasteiger partial charge in [0.2, 0.25) is 0 Å². The average molecular weight is 250 g/mol. The predicted octanol–water partition coefficient (Wildman–Crippen LogP) is 2.17. The van der Waals surface area contributed by atoms with Gasteiger partial charge in [0, 0.05) is 12.6 Å². The summed E-state index contributed by atoms with van der Waals surface area (Å²) >= 11 is 5.71. The van der Waals surface area contributed by atoms with Crippen LogP contribution in [-0.2, 0) is 7.05 Å². The molecule has 3 rings (SSSR count). The minimum atomic E-state index is -0.375. The first-order chi connectivity index (χ1) is 8.15. The molecular weight excluding hydrogens is 242 g/mol. The lowest BCUT2D eigenvalue weighted by Crippen LogP contribution is -2.08. The van der Waals surface area contributed by atoms with Crippen molar-refractivity contribution in [3.63, 3.8) is 0 Å². The van der Waals surface area contributed by atoms with Crippen LogP contribution >= 0.6 is 11.6 Å². The van der Waals surface area contributed by atoms with Gasteiger partial charge in [-0.2, -0.15) is 0 Å². The zero-order chi connectivity index (χ0) is 12.0. The van der Waals surface area contributed by atoms with E-state index in [0.717, 1.165) is 16.8 Å². The lowest BCUT2D eigenvalue weighted by molar-refractivity contribution is 0.528. The second kappa shape index (κ2) is 3.49. The van der Waals surface area contributed by atoms with E-state index in [1.807, 2.05) is 12.1 Å². The van der Waals surface area contributed by atoms with Crippen molar-refractivity contribution in [3.8, 4) is 11.3 Å². The first-order valence-corrected chi connectivity index (χ1v) is 5.33. The third-order valence-electron chi connectivity index (χ3n) is 2.65. The number of oxazole rings is 1. The molecule has 0 aliphatic heterocycles. The van der Waals surface area contributed by atoms with E-state index in [9.17, 15) is 4.79 Å². The summed E-state index contributed by atoms with van der Waals surface area (Å²) in [5, 5.41) is 0.328. The second-order valence-electron chi connectivity index (χ2n) is 3.70. The number of rotatable bonds is 1. The molecule has 17 heavy (non-hydrogen) atoms. The highest BCUT2D eigenvalue weighted by atomic mass is 35.5. The number of nitrogens with zero attached hydrogens (tertiary/aromatic N) is 2. The van der Waals surface area contributed by atoms with Crippen LogP contribution in [0.4, 0.5) is 0 Å². The van der Waals surface area contributed by atoms with Crippen LogP contribution in [0.25, 0.3) is 22.4 Å². The molecule has 0 radical (unpaired) electrons. The van der Waals surface area contributed by atoms with Crippen LogP contribution in [0.2, 0.25) is 5.28 Å². The predicted molar refractivity (Wildman–Crippen MR) is 64.0 cm³/mol. The quantitative estimate of drug-likeness (QED) is 0.719. The average Bonchev–Trinajstić information content (AvgIpc) is 2.85. The number of nitrogens with one attached hydrogen (secondary N) is 1. The largest absolute Gasteiger partial charge is 0.419 e. The van der Waals surface area contributed by atoms with Crippen molar-refractivity contribution in [1.29, 1.82) is 0 Å². The Hall–Kier alpha value is -2.01. The Labute approximate surface area is 101 Å². The SMILES string of the molecule is Cn1c(=O)oc2cc(-c3cnc(Cl)[nH]3)ccc21. The molecule has 2 heterocycles. The van der Waals surface area contributed by atoms with Crippen LogP contribution in [0.5, 0.6) is 0 Å². The Bertz CT molecular complexity index is 754. The molecule has 1 N–H and O–H groups in total. The highest BCUT2D eigenvalue weighted by molar-refractivity contribution is 6.28. The Morgan fingerprint density at radius 1 is 1.47 bits per heavy atom. The lowest BCUT2D eigenvalue weighted by atomic mass is 10.1. The first-order valence-electron chi connectivity index (χ1n) is 4.95. The monoisotopic (exact) mass is 249 g/mol. The van der Waals surface area contributed by atoms with Crippen molar-refractivity contribution >= 4 is 22.7 Å². The van der Waals surface area contributed by atoms with E-state index in [0.29, 0.717) is 10.9 Å². The third-order valence-corrected chi connectivity index (χ3v) is 2.84. The van der Waals surface area contributed by atoms with Crippen LogP contribution in [0.3, 0.4) is 0 Å². The van der Waals surface area contributed by atoms with Gasteiger partial charge in [-0.3, -0.25) is 4.57 Å². The number of fused-ring (bicyclic) bond motifs is 1. The van der Waals surface area contributed by atoms with E-state index in [-0.39, 0.29) is 5.76 Å². The van der Waals surface area contributed by atoms with E-state index < -0.39 is 0 Å². The number of hydrogen-bond donors (Lipinski definition) is 1. The van der Waals surface area contributed by atoms with Crippen molar-refractivity contribution in [2.75, 3.05) is 0 Å². The summed E-state index contributed by atoms with van der Waals surface area (Å²) in [6.07, 6.45) is 1.63. The highest BCUT2D eigenvalue weighted by Gasteiger charge is 2.08. The molecule has 6 heteroatoms. The van der Waals surface area contributed by atoms with Gasteiger partial charge >= 0.3 is 5.76 Å². The minimum Gasteiger partial charge on any atom is -0.408 e. The van der Waals surface area contributed by atoms with E-state index in [1.54, 1.807) is 19.3 Å².